The lowest BCUT2D eigenvalue weighted by Crippen LogP contribution is -2.43. The first-order chi connectivity index (χ1) is 14.2. The third kappa shape index (κ3) is 6.83. The summed E-state index contributed by atoms with van der Waals surface area (Å²) in [7, 11) is 0. The van der Waals surface area contributed by atoms with Gasteiger partial charge in [0.05, 0.1) is 18.2 Å². The number of nitrogens with one attached hydrogen (secondary N) is 1. The zero-order valence-electron chi connectivity index (χ0n) is 18.4. The number of aryl methyl sites for hydroxylation is 1. The molecule has 7 nitrogen and oxygen atoms in total. The smallest absolute Gasteiger partial charge is 0.310 e. The van der Waals surface area contributed by atoms with Crippen LogP contribution >= 0.6 is 0 Å². The van der Waals surface area contributed by atoms with Crippen molar-refractivity contribution in [1.29, 1.82) is 0 Å². The van der Waals surface area contributed by atoms with E-state index in [1.54, 1.807) is 0 Å². The molecule has 1 aromatic carbocycles. The molecule has 2 rings (SSSR count). The Balaban J connectivity index is 1.88. The Labute approximate surface area is 177 Å². The molecule has 0 radical (unpaired) electrons. The van der Waals surface area contributed by atoms with Crippen LogP contribution in [0.5, 0.6) is 0 Å². The number of carbonyl (C=O) groups excluding carboxylic acids is 3. The maximum absolute atomic E-state index is 12.3. The lowest BCUT2D eigenvalue weighted by molar-refractivity contribution is -0.148. The van der Waals surface area contributed by atoms with Gasteiger partial charge in [0.2, 0.25) is 0 Å². The molecule has 162 valence electrons. The Kier molecular flexibility index (Phi) is 8.33. The van der Waals surface area contributed by atoms with Gasteiger partial charge in [-0.2, -0.15) is 5.10 Å². The number of nitrogens with zero attached hydrogens (tertiary/aromatic N) is 2. The Morgan fingerprint density at radius 2 is 1.80 bits per heavy atom. The van der Waals surface area contributed by atoms with Crippen molar-refractivity contribution >= 4 is 17.7 Å². The number of carbonyl (C=O) groups is 3. The van der Waals surface area contributed by atoms with Crippen molar-refractivity contribution in [1.82, 2.24) is 15.1 Å². The number of ether oxygens (including phenoxy) is 1. The summed E-state index contributed by atoms with van der Waals surface area (Å²) in [6.45, 7) is 9.79. The first-order valence-corrected chi connectivity index (χ1v) is 10.2. The lowest BCUT2D eigenvalue weighted by atomic mass is 10.0. The minimum atomic E-state index is -0.655. The highest BCUT2D eigenvalue weighted by Gasteiger charge is 2.20. The summed E-state index contributed by atoms with van der Waals surface area (Å²) in [5.41, 5.74) is 3.49. The summed E-state index contributed by atoms with van der Waals surface area (Å²) in [6.07, 6.45) is 0.451. The molecule has 1 heterocycles. The van der Waals surface area contributed by atoms with Crippen molar-refractivity contribution in [2.75, 3.05) is 6.61 Å². The molecule has 1 unspecified atom stereocenters. The highest BCUT2D eigenvalue weighted by molar-refractivity contribution is 5.89. The van der Waals surface area contributed by atoms with Crippen LogP contribution in [0.1, 0.15) is 43.3 Å². The number of aromatic nitrogens is 2. The summed E-state index contributed by atoms with van der Waals surface area (Å²) < 4.78 is 7.04. The molecule has 0 bridgehead atoms. The van der Waals surface area contributed by atoms with Crippen molar-refractivity contribution in [2.24, 2.45) is 5.92 Å². The molecule has 1 amide bonds. The second kappa shape index (κ2) is 10.7. The Bertz CT molecular complexity index is 887. The van der Waals surface area contributed by atoms with Crippen LogP contribution in [0.3, 0.4) is 0 Å². The number of rotatable bonds is 10. The van der Waals surface area contributed by atoms with Crippen LogP contribution in [-0.2, 0) is 38.5 Å². The SMILES string of the molecule is CC(=O)C(Cc1ccccc1)NC(=O)COC(=O)Cc1c(C)nn(CC(C)C)c1C. The molecular formula is C23H31N3O4. The molecule has 1 aromatic heterocycles. The fourth-order valence-electron chi connectivity index (χ4n) is 3.24. The number of esters is 1. The van der Waals surface area contributed by atoms with E-state index < -0.39 is 24.5 Å². The molecule has 1 atom stereocenters. The fourth-order valence-corrected chi connectivity index (χ4v) is 3.24. The van der Waals surface area contributed by atoms with Crippen LogP contribution in [0.2, 0.25) is 0 Å². The minimum absolute atomic E-state index is 0.0587. The minimum Gasteiger partial charge on any atom is -0.455 e. The number of Topliss-reactive ketones (excluding diaryl/α,β-unsaturated/α-hetero) is 1. The summed E-state index contributed by atoms with van der Waals surface area (Å²) in [5.74, 6) is -0.703. The van der Waals surface area contributed by atoms with Crippen LogP contribution in [0.25, 0.3) is 0 Å². The molecule has 0 saturated heterocycles. The number of benzene rings is 1. The van der Waals surface area contributed by atoms with Gasteiger partial charge in [0.1, 0.15) is 0 Å². The highest BCUT2D eigenvalue weighted by Crippen LogP contribution is 2.16. The second-order valence-corrected chi connectivity index (χ2v) is 7.98. The molecule has 7 heteroatoms. The van der Waals surface area contributed by atoms with Crippen LogP contribution < -0.4 is 5.32 Å². The van der Waals surface area contributed by atoms with Crippen molar-refractivity contribution in [3.05, 3.63) is 52.8 Å². The topological polar surface area (TPSA) is 90.3 Å². The van der Waals surface area contributed by atoms with Gasteiger partial charge >= 0.3 is 5.97 Å². The molecule has 0 aliphatic rings. The number of hydrogen-bond donors (Lipinski definition) is 1. The maximum atomic E-state index is 12.3. The second-order valence-electron chi connectivity index (χ2n) is 7.98. The molecule has 0 saturated carbocycles. The highest BCUT2D eigenvalue weighted by atomic mass is 16.5. The van der Waals surface area contributed by atoms with E-state index in [1.165, 1.54) is 6.92 Å². The van der Waals surface area contributed by atoms with Gasteiger partial charge < -0.3 is 10.1 Å². The zero-order chi connectivity index (χ0) is 22.3. The molecule has 0 fully saturated rings. The monoisotopic (exact) mass is 413 g/mol. The molecule has 0 spiro atoms. The van der Waals surface area contributed by atoms with E-state index in [1.807, 2.05) is 48.9 Å². The van der Waals surface area contributed by atoms with E-state index in [-0.39, 0.29) is 12.2 Å². The molecule has 1 N–H and O–H groups in total. The van der Waals surface area contributed by atoms with Crippen LogP contribution in [0.15, 0.2) is 30.3 Å². The van der Waals surface area contributed by atoms with Crippen molar-refractivity contribution in [3.63, 3.8) is 0 Å². The first kappa shape index (κ1) is 23.3. The van der Waals surface area contributed by atoms with Gasteiger partial charge in [-0.15, -0.1) is 0 Å². The van der Waals surface area contributed by atoms with E-state index in [4.69, 9.17) is 4.74 Å². The Morgan fingerprint density at radius 3 is 2.40 bits per heavy atom. The Hall–Kier alpha value is -2.96. The third-order valence-corrected chi connectivity index (χ3v) is 4.86. The van der Waals surface area contributed by atoms with Gasteiger partial charge in [0.15, 0.2) is 12.4 Å². The van der Waals surface area contributed by atoms with Crippen LogP contribution in [0, 0.1) is 19.8 Å². The van der Waals surface area contributed by atoms with Gasteiger partial charge in [-0.3, -0.25) is 19.1 Å². The quantitative estimate of drug-likeness (QED) is 0.605. The predicted molar refractivity (Wildman–Crippen MR) is 114 cm³/mol. The summed E-state index contributed by atoms with van der Waals surface area (Å²) in [6, 6.07) is 8.78. The average molecular weight is 414 g/mol. The molecule has 0 aliphatic carbocycles. The van der Waals surface area contributed by atoms with Crippen molar-refractivity contribution in [2.45, 2.75) is 60.0 Å². The van der Waals surface area contributed by atoms with E-state index in [0.29, 0.717) is 12.3 Å². The summed E-state index contributed by atoms with van der Waals surface area (Å²) >= 11 is 0. The van der Waals surface area contributed by atoms with Gasteiger partial charge in [0.25, 0.3) is 5.91 Å². The molecular weight excluding hydrogens is 382 g/mol. The summed E-state index contributed by atoms with van der Waals surface area (Å²) in [5, 5.41) is 7.14. The Morgan fingerprint density at radius 1 is 1.13 bits per heavy atom. The van der Waals surface area contributed by atoms with Crippen molar-refractivity contribution < 1.29 is 19.1 Å². The van der Waals surface area contributed by atoms with Crippen LogP contribution in [-0.4, -0.2) is 40.1 Å². The van der Waals surface area contributed by atoms with Gasteiger partial charge in [-0.05, 0) is 38.7 Å². The standard InChI is InChI=1S/C23H31N3O4/c1-15(2)13-26-17(4)20(16(3)25-26)12-23(29)30-14-22(28)24-21(18(5)27)11-19-9-7-6-8-10-19/h6-10,15,21H,11-14H2,1-5H3,(H,24,28). The summed E-state index contributed by atoms with van der Waals surface area (Å²) in [4.78, 5) is 36.3. The van der Waals surface area contributed by atoms with Gasteiger partial charge in [-0.25, -0.2) is 0 Å². The molecule has 30 heavy (non-hydrogen) atoms. The zero-order valence-corrected chi connectivity index (χ0v) is 18.4. The third-order valence-electron chi connectivity index (χ3n) is 4.86. The first-order valence-electron chi connectivity index (χ1n) is 10.2. The number of ketones is 1. The maximum Gasteiger partial charge on any atom is 0.310 e. The molecule has 0 aliphatic heterocycles. The largest absolute Gasteiger partial charge is 0.455 e. The average Bonchev–Trinajstić information content (AvgIpc) is 2.93. The molecule has 2 aromatic rings. The van der Waals surface area contributed by atoms with E-state index >= 15 is 0 Å². The van der Waals surface area contributed by atoms with E-state index in [0.717, 1.165) is 29.1 Å². The van der Waals surface area contributed by atoms with E-state index in [2.05, 4.69) is 24.3 Å². The number of amides is 1. The van der Waals surface area contributed by atoms with Gasteiger partial charge in [0, 0.05) is 17.8 Å². The predicted octanol–water partition coefficient (Wildman–Crippen LogP) is 2.56. The van der Waals surface area contributed by atoms with Crippen molar-refractivity contribution in [3.8, 4) is 0 Å². The normalized spacial score (nSPS) is 11.9. The fraction of sp³-hybridized carbons (Fsp3) is 0.478. The van der Waals surface area contributed by atoms with Gasteiger partial charge in [-0.1, -0.05) is 44.2 Å². The number of hydrogen-bond acceptors (Lipinski definition) is 5. The lowest BCUT2D eigenvalue weighted by Gasteiger charge is -2.16. The van der Waals surface area contributed by atoms with E-state index in [9.17, 15) is 14.4 Å². The van der Waals surface area contributed by atoms with Crippen LogP contribution in [0.4, 0.5) is 0 Å².